The molecule has 0 aromatic heterocycles. The first-order chi connectivity index (χ1) is 6.25. The third kappa shape index (κ3) is 2.15. The molecule has 2 rings (SSSR count). The quantitative estimate of drug-likeness (QED) is 0.656. The minimum atomic E-state index is -0.143. The predicted molar refractivity (Wildman–Crippen MR) is 51.3 cm³/mol. The minimum absolute atomic E-state index is 0.0375. The summed E-state index contributed by atoms with van der Waals surface area (Å²) in [5, 5.41) is 4.01. The van der Waals surface area contributed by atoms with Gasteiger partial charge in [-0.1, -0.05) is 6.92 Å². The monoisotopic (exact) mass is 202 g/mol. The van der Waals surface area contributed by atoms with Gasteiger partial charge in [0.25, 0.3) is 5.91 Å². The summed E-state index contributed by atoms with van der Waals surface area (Å²) < 4.78 is 0. The summed E-state index contributed by atoms with van der Waals surface area (Å²) in [5.74, 6) is 1.06. The van der Waals surface area contributed by atoms with E-state index in [1.165, 1.54) is 0 Å². The average Bonchev–Trinajstić information content (AvgIpc) is 2.64. The van der Waals surface area contributed by atoms with Gasteiger partial charge in [-0.3, -0.25) is 9.63 Å². The van der Waals surface area contributed by atoms with E-state index in [-0.39, 0.29) is 11.9 Å². The van der Waals surface area contributed by atoms with Crippen molar-refractivity contribution in [3.63, 3.8) is 0 Å². The molecule has 5 heteroatoms. The van der Waals surface area contributed by atoms with Crippen LogP contribution in [0.5, 0.6) is 0 Å². The maximum atomic E-state index is 11.1. The summed E-state index contributed by atoms with van der Waals surface area (Å²) >= 11 is 1.95. The van der Waals surface area contributed by atoms with E-state index in [1.807, 2.05) is 11.8 Å². The van der Waals surface area contributed by atoms with Crippen LogP contribution in [-0.4, -0.2) is 35.6 Å². The Morgan fingerprint density at radius 3 is 3.08 bits per heavy atom. The first-order valence-corrected chi connectivity index (χ1v) is 5.60. The van der Waals surface area contributed by atoms with Gasteiger partial charge in [0.2, 0.25) is 0 Å². The Labute approximate surface area is 81.7 Å². The lowest BCUT2D eigenvalue weighted by atomic mass is 10.1. The second-order valence-corrected chi connectivity index (χ2v) is 5.04. The molecule has 3 atom stereocenters. The molecule has 1 amide bonds. The molecule has 0 bridgehead atoms. The van der Waals surface area contributed by atoms with Gasteiger partial charge in [0.05, 0.1) is 6.61 Å². The van der Waals surface area contributed by atoms with Crippen molar-refractivity contribution < 1.29 is 9.63 Å². The fraction of sp³-hybridized carbons (Fsp3) is 0.875. The number of hydrogen-bond acceptors (Lipinski definition) is 4. The Balaban J connectivity index is 1.81. The van der Waals surface area contributed by atoms with Gasteiger partial charge in [0.1, 0.15) is 6.04 Å². The highest BCUT2D eigenvalue weighted by Crippen LogP contribution is 2.26. The lowest BCUT2D eigenvalue weighted by Gasteiger charge is -2.14. The van der Waals surface area contributed by atoms with E-state index in [1.54, 1.807) is 0 Å². The molecule has 2 fully saturated rings. The molecule has 0 saturated carbocycles. The van der Waals surface area contributed by atoms with E-state index in [4.69, 9.17) is 4.84 Å². The molecule has 0 radical (unpaired) electrons. The van der Waals surface area contributed by atoms with Crippen LogP contribution in [0.4, 0.5) is 0 Å². The molecule has 2 aliphatic heterocycles. The first kappa shape index (κ1) is 9.30. The highest BCUT2D eigenvalue weighted by Gasteiger charge is 2.30. The van der Waals surface area contributed by atoms with Crippen LogP contribution in [0.25, 0.3) is 0 Å². The van der Waals surface area contributed by atoms with Crippen molar-refractivity contribution in [3.05, 3.63) is 0 Å². The number of rotatable bonds is 2. The molecule has 0 aromatic carbocycles. The van der Waals surface area contributed by atoms with Crippen molar-refractivity contribution in [1.29, 1.82) is 0 Å². The lowest BCUT2D eigenvalue weighted by Crippen LogP contribution is -2.44. The minimum Gasteiger partial charge on any atom is -0.300 e. The van der Waals surface area contributed by atoms with E-state index in [9.17, 15) is 4.79 Å². The van der Waals surface area contributed by atoms with Gasteiger partial charge in [-0.05, 0) is 6.42 Å². The summed E-state index contributed by atoms with van der Waals surface area (Å²) in [7, 11) is 0. The Morgan fingerprint density at radius 1 is 1.69 bits per heavy atom. The van der Waals surface area contributed by atoms with E-state index >= 15 is 0 Å². The van der Waals surface area contributed by atoms with Crippen LogP contribution >= 0.6 is 11.8 Å². The van der Waals surface area contributed by atoms with Crippen molar-refractivity contribution in [2.24, 2.45) is 0 Å². The van der Waals surface area contributed by atoms with Gasteiger partial charge >= 0.3 is 0 Å². The SMILES string of the molecule is CC1CC(NC2CONC2=O)CS1. The Morgan fingerprint density at radius 2 is 2.54 bits per heavy atom. The maximum Gasteiger partial charge on any atom is 0.263 e. The van der Waals surface area contributed by atoms with Crippen LogP contribution in [0.15, 0.2) is 0 Å². The Kier molecular flexibility index (Phi) is 2.76. The molecule has 2 heterocycles. The van der Waals surface area contributed by atoms with Crippen molar-refractivity contribution in [1.82, 2.24) is 10.8 Å². The third-order valence-electron chi connectivity index (χ3n) is 2.37. The summed E-state index contributed by atoms with van der Waals surface area (Å²) in [6.45, 7) is 2.67. The van der Waals surface area contributed by atoms with Crippen LogP contribution < -0.4 is 10.8 Å². The number of amides is 1. The molecule has 13 heavy (non-hydrogen) atoms. The number of hydrogen-bond donors (Lipinski definition) is 2. The number of hydroxylamine groups is 1. The zero-order valence-corrected chi connectivity index (χ0v) is 8.39. The standard InChI is InChI=1S/C8H14N2O2S/c1-5-2-6(4-13-5)9-7-3-12-10-8(7)11/h5-7,9H,2-4H2,1H3,(H,10,11). The fourth-order valence-corrected chi connectivity index (χ4v) is 2.85. The normalized spacial score (nSPS) is 39.5. The van der Waals surface area contributed by atoms with E-state index in [0.717, 1.165) is 12.2 Å². The Hall–Kier alpha value is -0.260. The molecular weight excluding hydrogens is 188 g/mol. The van der Waals surface area contributed by atoms with Gasteiger partial charge < -0.3 is 5.32 Å². The van der Waals surface area contributed by atoms with E-state index < -0.39 is 0 Å². The predicted octanol–water partition coefficient (Wildman–Crippen LogP) is -0.100. The zero-order chi connectivity index (χ0) is 9.26. The highest BCUT2D eigenvalue weighted by molar-refractivity contribution is 8.00. The van der Waals surface area contributed by atoms with Gasteiger partial charge in [-0.15, -0.1) is 0 Å². The summed E-state index contributed by atoms with van der Waals surface area (Å²) in [6.07, 6.45) is 1.15. The topological polar surface area (TPSA) is 50.4 Å². The zero-order valence-electron chi connectivity index (χ0n) is 7.58. The average molecular weight is 202 g/mol. The maximum absolute atomic E-state index is 11.1. The van der Waals surface area contributed by atoms with Crippen molar-refractivity contribution in [2.75, 3.05) is 12.4 Å². The third-order valence-corrected chi connectivity index (χ3v) is 3.73. The van der Waals surface area contributed by atoms with Crippen molar-refractivity contribution in [3.8, 4) is 0 Å². The molecule has 74 valence electrons. The molecule has 0 aromatic rings. The van der Waals surface area contributed by atoms with E-state index in [2.05, 4.69) is 17.7 Å². The Bertz CT molecular complexity index is 212. The molecule has 2 N–H and O–H groups in total. The van der Waals surface area contributed by atoms with Gasteiger partial charge in [0.15, 0.2) is 0 Å². The fourth-order valence-electron chi connectivity index (χ4n) is 1.68. The van der Waals surface area contributed by atoms with Gasteiger partial charge in [0, 0.05) is 17.0 Å². The van der Waals surface area contributed by atoms with Crippen molar-refractivity contribution >= 4 is 17.7 Å². The smallest absolute Gasteiger partial charge is 0.263 e. The molecule has 3 unspecified atom stereocenters. The highest BCUT2D eigenvalue weighted by atomic mass is 32.2. The van der Waals surface area contributed by atoms with Crippen LogP contribution in [0.1, 0.15) is 13.3 Å². The number of carbonyl (C=O) groups excluding carboxylic acids is 1. The van der Waals surface area contributed by atoms with Crippen LogP contribution in [-0.2, 0) is 9.63 Å². The molecule has 2 saturated heterocycles. The van der Waals surface area contributed by atoms with Crippen molar-refractivity contribution in [2.45, 2.75) is 30.7 Å². The summed E-state index contributed by atoms with van der Waals surface area (Å²) in [4.78, 5) is 16.0. The molecule has 4 nitrogen and oxygen atoms in total. The van der Waals surface area contributed by atoms with Crippen LogP contribution in [0, 0.1) is 0 Å². The molecule has 2 aliphatic rings. The van der Waals surface area contributed by atoms with Gasteiger partial charge in [-0.25, -0.2) is 5.48 Å². The van der Waals surface area contributed by atoms with Crippen LogP contribution in [0.3, 0.4) is 0 Å². The summed E-state index contributed by atoms with van der Waals surface area (Å²) in [5.41, 5.74) is 2.35. The molecule has 0 spiro atoms. The van der Waals surface area contributed by atoms with E-state index in [0.29, 0.717) is 17.9 Å². The van der Waals surface area contributed by atoms with Gasteiger partial charge in [-0.2, -0.15) is 11.8 Å². The number of thioether (sulfide) groups is 1. The molecular formula is C8H14N2O2S. The molecule has 0 aliphatic carbocycles. The number of carbonyl (C=O) groups is 1. The first-order valence-electron chi connectivity index (χ1n) is 4.55. The second kappa shape index (κ2) is 3.86. The lowest BCUT2D eigenvalue weighted by molar-refractivity contribution is -0.125. The summed E-state index contributed by atoms with van der Waals surface area (Å²) in [6, 6.07) is 0.327. The number of nitrogens with one attached hydrogen (secondary N) is 2. The second-order valence-electron chi connectivity index (χ2n) is 3.57. The largest absolute Gasteiger partial charge is 0.300 e. The van der Waals surface area contributed by atoms with Crippen LogP contribution in [0.2, 0.25) is 0 Å².